The molecule has 1 fully saturated rings. The Morgan fingerprint density at radius 1 is 1.09 bits per heavy atom. The van der Waals surface area contributed by atoms with Gasteiger partial charge >= 0.3 is 0 Å². The topological polar surface area (TPSA) is 137 Å². The molecular weight excluding hydrogens is 566 g/mol. The zero-order valence-corrected chi connectivity index (χ0v) is 25.6. The lowest BCUT2D eigenvalue weighted by molar-refractivity contribution is -0.131. The van der Waals surface area contributed by atoms with Crippen molar-refractivity contribution in [2.24, 2.45) is 0 Å². The number of anilines is 2. The maximum Gasteiger partial charge on any atom is 0.249 e. The molecule has 1 atom stereocenters. The van der Waals surface area contributed by atoms with Crippen molar-refractivity contribution in [1.29, 1.82) is 0 Å². The summed E-state index contributed by atoms with van der Waals surface area (Å²) in [7, 11) is -1.77. The molecule has 3 N–H and O–H groups in total. The molecule has 1 aromatic heterocycles. The minimum Gasteiger partial charge on any atom is -0.490 e. The Morgan fingerprint density at radius 3 is 2.58 bits per heavy atom. The number of carbonyl (C=O) groups is 1. The van der Waals surface area contributed by atoms with E-state index in [0.29, 0.717) is 53.6 Å². The van der Waals surface area contributed by atoms with Gasteiger partial charge in [-0.05, 0) is 81.1 Å². The molecule has 0 saturated heterocycles. The number of amides is 1. The molecule has 1 aliphatic carbocycles. The highest BCUT2D eigenvalue weighted by molar-refractivity contribution is 7.92. The summed E-state index contributed by atoms with van der Waals surface area (Å²) in [5.74, 6) is 1.17. The van der Waals surface area contributed by atoms with Crippen molar-refractivity contribution in [2.45, 2.75) is 62.4 Å². The lowest BCUT2D eigenvalue weighted by atomic mass is 10.0. The minimum atomic E-state index is -3.45. The molecule has 4 aromatic rings. The van der Waals surface area contributed by atoms with Gasteiger partial charge in [-0.1, -0.05) is 24.3 Å². The molecule has 1 saturated carbocycles. The maximum atomic E-state index is 14.2. The monoisotopic (exact) mass is 603 g/mol. The van der Waals surface area contributed by atoms with Crippen LogP contribution in [-0.4, -0.2) is 54.4 Å². The van der Waals surface area contributed by atoms with Crippen LogP contribution in [0.5, 0.6) is 11.5 Å². The van der Waals surface area contributed by atoms with Crippen molar-refractivity contribution in [1.82, 2.24) is 15.1 Å². The predicted molar refractivity (Wildman–Crippen MR) is 167 cm³/mol. The largest absolute Gasteiger partial charge is 0.490 e. The zero-order chi connectivity index (χ0) is 30.7. The smallest absolute Gasteiger partial charge is 0.249 e. The van der Waals surface area contributed by atoms with Crippen LogP contribution in [0.25, 0.3) is 10.8 Å². The number of hydrogen-bond acceptors (Lipinski definition) is 9. The van der Waals surface area contributed by atoms with Crippen molar-refractivity contribution in [3.63, 3.8) is 0 Å². The van der Waals surface area contributed by atoms with Gasteiger partial charge < -0.3 is 25.4 Å². The van der Waals surface area contributed by atoms with Gasteiger partial charge in [0.15, 0.2) is 27.2 Å². The van der Waals surface area contributed by atoms with E-state index < -0.39 is 15.9 Å². The summed E-state index contributed by atoms with van der Waals surface area (Å²) in [5.41, 5.74) is 7.90. The standard InChI is InChI=1S/C32H37N5O5S/c1-5-41-28-17-21(10-15-27(28)42-20(2)3)30(35-24-11-14-26-23(16-24)18-34-36-31(26)33)32(38)37(4)19-22-8-6-7-9-29(22)43(39,40)25-12-13-25/h6-11,14-18,20,25,30,35H,5,12-13,19H2,1-4H3,(H2,33,36). The van der Waals surface area contributed by atoms with Gasteiger partial charge in [-0.3, -0.25) is 4.79 Å². The molecule has 0 spiro atoms. The summed E-state index contributed by atoms with van der Waals surface area (Å²) in [6.45, 7) is 6.30. The number of benzene rings is 3. The molecule has 43 heavy (non-hydrogen) atoms. The number of likely N-dealkylation sites (N-methyl/N-ethyl adjacent to an activating group) is 1. The number of nitrogens with one attached hydrogen (secondary N) is 1. The van der Waals surface area contributed by atoms with Crippen molar-refractivity contribution < 1.29 is 22.7 Å². The zero-order valence-electron chi connectivity index (χ0n) is 24.8. The molecule has 0 aliphatic heterocycles. The third kappa shape index (κ3) is 6.67. The molecule has 0 bridgehead atoms. The van der Waals surface area contributed by atoms with E-state index in [0.717, 1.165) is 10.8 Å². The lowest BCUT2D eigenvalue weighted by Gasteiger charge is -2.27. The molecule has 226 valence electrons. The molecule has 3 aromatic carbocycles. The summed E-state index contributed by atoms with van der Waals surface area (Å²) in [6.07, 6.45) is 2.88. The van der Waals surface area contributed by atoms with Gasteiger partial charge in [0.2, 0.25) is 5.91 Å². The minimum absolute atomic E-state index is 0.0631. The van der Waals surface area contributed by atoms with Crippen molar-refractivity contribution in [3.8, 4) is 11.5 Å². The summed E-state index contributed by atoms with van der Waals surface area (Å²) >= 11 is 0. The van der Waals surface area contributed by atoms with E-state index in [4.69, 9.17) is 15.2 Å². The number of sulfone groups is 1. The number of carbonyl (C=O) groups excluding carboxylic acids is 1. The fraction of sp³-hybridized carbons (Fsp3) is 0.344. The van der Waals surface area contributed by atoms with E-state index in [1.54, 1.807) is 54.5 Å². The second-order valence-electron chi connectivity index (χ2n) is 11.0. The molecule has 0 radical (unpaired) electrons. The van der Waals surface area contributed by atoms with Crippen LogP contribution in [0.2, 0.25) is 0 Å². The van der Waals surface area contributed by atoms with Gasteiger partial charge in [-0.15, -0.1) is 5.10 Å². The molecule has 5 rings (SSSR count). The lowest BCUT2D eigenvalue weighted by Crippen LogP contribution is -2.35. The maximum absolute atomic E-state index is 14.2. The number of nitrogens with zero attached hydrogens (tertiary/aromatic N) is 3. The SMILES string of the molecule is CCOc1cc(C(Nc2ccc3c(N)nncc3c2)C(=O)N(C)Cc2ccccc2S(=O)(=O)C2CC2)ccc1OC(C)C. The van der Waals surface area contributed by atoms with Crippen molar-refractivity contribution in [2.75, 3.05) is 24.7 Å². The summed E-state index contributed by atoms with van der Waals surface area (Å²) in [4.78, 5) is 16.0. The van der Waals surface area contributed by atoms with Gasteiger partial charge in [-0.25, -0.2) is 8.42 Å². The van der Waals surface area contributed by atoms with Crippen LogP contribution in [0.3, 0.4) is 0 Å². The van der Waals surface area contributed by atoms with Crippen molar-refractivity contribution in [3.05, 3.63) is 78.0 Å². The van der Waals surface area contributed by atoms with Gasteiger partial charge in [0, 0.05) is 30.1 Å². The Morgan fingerprint density at radius 2 is 1.86 bits per heavy atom. The molecule has 10 nitrogen and oxygen atoms in total. The Balaban J connectivity index is 1.51. The highest BCUT2D eigenvalue weighted by Crippen LogP contribution is 2.36. The van der Waals surface area contributed by atoms with E-state index in [1.165, 1.54) is 0 Å². The highest BCUT2D eigenvalue weighted by Gasteiger charge is 2.38. The number of fused-ring (bicyclic) bond motifs is 1. The van der Waals surface area contributed by atoms with Gasteiger partial charge in [0.25, 0.3) is 0 Å². The van der Waals surface area contributed by atoms with Crippen LogP contribution in [0, 0.1) is 0 Å². The van der Waals surface area contributed by atoms with Crippen LogP contribution in [-0.2, 0) is 21.2 Å². The van der Waals surface area contributed by atoms with Crippen LogP contribution >= 0.6 is 0 Å². The molecule has 1 aliphatic rings. The molecule has 1 unspecified atom stereocenters. The number of nitrogens with two attached hydrogens (primary N) is 1. The summed E-state index contributed by atoms with van der Waals surface area (Å²) < 4.78 is 38.1. The summed E-state index contributed by atoms with van der Waals surface area (Å²) in [5, 5.41) is 12.4. The first-order chi connectivity index (χ1) is 20.6. The first kappa shape index (κ1) is 30.1. The van der Waals surface area contributed by atoms with E-state index in [2.05, 4.69) is 15.5 Å². The predicted octanol–water partition coefficient (Wildman–Crippen LogP) is 5.15. The molecule has 1 amide bonds. The van der Waals surface area contributed by atoms with Crippen LogP contribution in [0.4, 0.5) is 11.5 Å². The number of aromatic nitrogens is 2. The van der Waals surface area contributed by atoms with Crippen LogP contribution < -0.4 is 20.5 Å². The number of nitrogen functional groups attached to an aromatic ring is 1. The van der Waals surface area contributed by atoms with E-state index in [1.807, 2.05) is 45.0 Å². The number of rotatable bonds is 12. The third-order valence-electron chi connectivity index (χ3n) is 7.24. The quantitative estimate of drug-likeness (QED) is 0.225. The summed E-state index contributed by atoms with van der Waals surface area (Å²) in [6, 6.07) is 17.0. The average molecular weight is 604 g/mol. The first-order valence-corrected chi connectivity index (χ1v) is 15.9. The second-order valence-corrected chi connectivity index (χ2v) is 13.2. The van der Waals surface area contributed by atoms with Crippen LogP contribution in [0.15, 0.2) is 71.8 Å². The highest BCUT2D eigenvalue weighted by atomic mass is 32.2. The second kappa shape index (κ2) is 12.5. The average Bonchev–Trinajstić information content (AvgIpc) is 3.83. The van der Waals surface area contributed by atoms with Gasteiger partial charge in [0.1, 0.15) is 6.04 Å². The number of hydrogen-bond donors (Lipinski definition) is 2. The normalized spacial score (nSPS) is 14.0. The van der Waals surface area contributed by atoms with Gasteiger partial charge in [0.05, 0.1) is 29.1 Å². The molecule has 11 heteroatoms. The first-order valence-electron chi connectivity index (χ1n) is 14.4. The Kier molecular flexibility index (Phi) is 8.72. The van der Waals surface area contributed by atoms with Crippen molar-refractivity contribution >= 4 is 38.0 Å². The Hall–Kier alpha value is -4.38. The van der Waals surface area contributed by atoms with E-state index in [9.17, 15) is 13.2 Å². The van der Waals surface area contributed by atoms with Gasteiger partial charge in [-0.2, -0.15) is 5.10 Å². The molecular formula is C32H37N5O5S. The molecule has 1 heterocycles. The Bertz CT molecular complexity index is 1740. The fourth-order valence-corrected chi connectivity index (χ4v) is 6.88. The van der Waals surface area contributed by atoms with E-state index >= 15 is 0 Å². The Labute approximate surface area is 252 Å². The van der Waals surface area contributed by atoms with E-state index in [-0.39, 0.29) is 28.7 Å². The fourth-order valence-electron chi connectivity index (χ4n) is 5.00. The van der Waals surface area contributed by atoms with Crippen LogP contribution in [0.1, 0.15) is 50.8 Å². The third-order valence-corrected chi connectivity index (χ3v) is 9.60. The number of ether oxygens (including phenoxy) is 2.